The van der Waals surface area contributed by atoms with Crippen LogP contribution in [0.5, 0.6) is 5.75 Å². The molecular weight excluding hydrogens is 409 g/mol. The third kappa shape index (κ3) is 4.34. The highest BCUT2D eigenvalue weighted by molar-refractivity contribution is 6.37. The van der Waals surface area contributed by atoms with Crippen molar-refractivity contribution in [3.8, 4) is 5.75 Å². The molecule has 0 amide bonds. The standard InChI is InChI=1S/C23H15Cl2NO3/c24-19-12-16(13-20(25)22(19)28-14-15-7-3-1-4-8-15)11-18-21(26-29-23(18)27)17-9-5-2-6-10-17/h1-13H,14H2/b18-11-. The SMILES string of the molecule is O=C1ON=C(c2ccccc2)/C1=C/c1cc(Cl)c(OCc2ccccc2)c(Cl)c1. The fourth-order valence-electron chi connectivity index (χ4n) is 2.91. The first-order valence-electron chi connectivity index (χ1n) is 8.84. The molecule has 0 spiro atoms. The average molecular weight is 424 g/mol. The Labute approximate surface area is 178 Å². The Morgan fingerprint density at radius 1 is 0.931 bits per heavy atom. The summed E-state index contributed by atoms with van der Waals surface area (Å²) in [5.74, 6) is -0.134. The largest absolute Gasteiger partial charge is 0.486 e. The predicted molar refractivity (Wildman–Crippen MR) is 114 cm³/mol. The van der Waals surface area contributed by atoms with E-state index in [1.54, 1.807) is 18.2 Å². The van der Waals surface area contributed by atoms with Crippen LogP contribution in [0.2, 0.25) is 10.0 Å². The maximum absolute atomic E-state index is 12.2. The van der Waals surface area contributed by atoms with Gasteiger partial charge in [-0.15, -0.1) is 0 Å². The molecule has 144 valence electrons. The Balaban J connectivity index is 1.60. The molecule has 1 aliphatic rings. The van der Waals surface area contributed by atoms with Crippen LogP contribution in [-0.4, -0.2) is 11.7 Å². The van der Waals surface area contributed by atoms with Crippen LogP contribution in [0.3, 0.4) is 0 Å². The number of hydrogen-bond donors (Lipinski definition) is 0. The van der Waals surface area contributed by atoms with Crippen molar-refractivity contribution < 1.29 is 14.4 Å². The summed E-state index contributed by atoms with van der Waals surface area (Å²) in [5, 5.41) is 4.60. The maximum Gasteiger partial charge on any atom is 0.368 e. The molecule has 4 rings (SSSR count). The molecule has 29 heavy (non-hydrogen) atoms. The van der Waals surface area contributed by atoms with Crippen LogP contribution in [-0.2, 0) is 16.2 Å². The molecule has 0 unspecified atom stereocenters. The second-order valence-electron chi connectivity index (χ2n) is 6.33. The predicted octanol–water partition coefficient (Wildman–Crippen LogP) is 5.92. The molecule has 6 heteroatoms. The van der Waals surface area contributed by atoms with Crippen LogP contribution >= 0.6 is 23.2 Å². The van der Waals surface area contributed by atoms with Crippen molar-refractivity contribution in [2.45, 2.75) is 6.61 Å². The molecule has 3 aromatic carbocycles. The van der Waals surface area contributed by atoms with E-state index in [0.29, 0.717) is 39.2 Å². The van der Waals surface area contributed by atoms with E-state index < -0.39 is 5.97 Å². The molecule has 0 radical (unpaired) electrons. The van der Waals surface area contributed by atoms with Gasteiger partial charge in [0.15, 0.2) is 5.75 Å². The lowest BCUT2D eigenvalue weighted by Crippen LogP contribution is -2.06. The lowest BCUT2D eigenvalue weighted by Gasteiger charge is -2.11. The maximum atomic E-state index is 12.2. The molecule has 0 aromatic heterocycles. The van der Waals surface area contributed by atoms with E-state index in [1.165, 1.54) is 0 Å². The smallest absolute Gasteiger partial charge is 0.368 e. The number of carbonyl (C=O) groups excluding carboxylic acids is 1. The minimum atomic E-state index is -0.527. The monoisotopic (exact) mass is 423 g/mol. The highest BCUT2D eigenvalue weighted by Crippen LogP contribution is 2.36. The number of hydrogen-bond acceptors (Lipinski definition) is 4. The van der Waals surface area contributed by atoms with Gasteiger partial charge in [0.1, 0.15) is 12.3 Å². The summed E-state index contributed by atoms with van der Waals surface area (Å²) < 4.78 is 5.79. The Morgan fingerprint density at radius 2 is 1.55 bits per heavy atom. The molecule has 1 aliphatic heterocycles. The van der Waals surface area contributed by atoms with Crippen molar-refractivity contribution in [1.82, 2.24) is 0 Å². The van der Waals surface area contributed by atoms with Crippen LogP contribution in [0, 0.1) is 0 Å². The zero-order valence-corrected chi connectivity index (χ0v) is 16.7. The van der Waals surface area contributed by atoms with Crippen molar-refractivity contribution in [1.29, 1.82) is 0 Å². The average Bonchev–Trinajstić information content (AvgIpc) is 3.09. The van der Waals surface area contributed by atoms with Gasteiger partial charge in [0.2, 0.25) is 0 Å². The summed E-state index contributed by atoms with van der Waals surface area (Å²) in [6.07, 6.45) is 1.65. The van der Waals surface area contributed by atoms with Crippen molar-refractivity contribution in [2.24, 2.45) is 5.16 Å². The van der Waals surface area contributed by atoms with Crippen molar-refractivity contribution in [2.75, 3.05) is 0 Å². The second-order valence-corrected chi connectivity index (χ2v) is 7.15. The number of halogens is 2. The number of carbonyl (C=O) groups is 1. The molecule has 0 saturated carbocycles. The zero-order chi connectivity index (χ0) is 20.2. The topological polar surface area (TPSA) is 47.9 Å². The lowest BCUT2D eigenvalue weighted by molar-refractivity contribution is -0.136. The van der Waals surface area contributed by atoms with E-state index in [1.807, 2.05) is 60.7 Å². The molecule has 0 saturated heterocycles. The molecule has 0 N–H and O–H groups in total. The fraction of sp³-hybridized carbons (Fsp3) is 0.0435. The highest BCUT2D eigenvalue weighted by atomic mass is 35.5. The number of benzene rings is 3. The van der Waals surface area contributed by atoms with Crippen LogP contribution in [0.4, 0.5) is 0 Å². The van der Waals surface area contributed by atoms with Crippen molar-refractivity contribution in [3.05, 3.63) is 105 Å². The van der Waals surface area contributed by atoms with E-state index in [4.69, 9.17) is 32.8 Å². The lowest BCUT2D eigenvalue weighted by atomic mass is 10.0. The van der Waals surface area contributed by atoms with E-state index in [0.717, 1.165) is 11.1 Å². The van der Waals surface area contributed by atoms with Gasteiger partial charge >= 0.3 is 5.97 Å². The van der Waals surface area contributed by atoms with Gasteiger partial charge in [0.25, 0.3) is 0 Å². The Kier molecular flexibility index (Phi) is 5.65. The van der Waals surface area contributed by atoms with Gasteiger partial charge in [-0.2, -0.15) is 0 Å². The van der Waals surface area contributed by atoms with Crippen molar-refractivity contribution in [3.63, 3.8) is 0 Å². The minimum absolute atomic E-state index is 0.335. The van der Waals surface area contributed by atoms with E-state index in [-0.39, 0.29) is 0 Å². The van der Waals surface area contributed by atoms with Crippen LogP contribution in [0.1, 0.15) is 16.7 Å². The van der Waals surface area contributed by atoms with Gasteiger partial charge < -0.3 is 9.57 Å². The quantitative estimate of drug-likeness (QED) is 0.378. The Hall–Kier alpha value is -3.08. The van der Waals surface area contributed by atoms with Gasteiger partial charge in [-0.3, -0.25) is 0 Å². The van der Waals surface area contributed by atoms with E-state index in [2.05, 4.69) is 5.16 Å². The first-order chi connectivity index (χ1) is 14.1. The summed E-state index contributed by atoms with van der Waals surface area (Å²) in [4.78, 5) is 17.0. The summed E-state index contributed by atoms with van der Waals surface area (Å²) >= 11 is 12.8. The number of rotatable bonds is 5. The molecule has 3 aromatic rings. The third-order valence-corrected chi connectivity index (χ3v) is 4.86. The minimum Gasteiger partial charge on any atom is -0.486 e. The van der Waals surface area contributed by atoms with Gasteiger partial charge in [-0.25, -0.2) is 4.79 Å². The normalized spacial score (nSPS) is 14.6. The summed E-state index contributed by atoms with van der Waals surface area (Å²) in [7, 11) is 0. The summed E-state index contributed by atoms with van der Waals surface area (Å²) in [6.45, 7) is 0.345. The molecule has 1 heterocycles. The molecule has 0 atom stereocenters. The second kappa shape index (κ2) is 8.52. The van der Waals surface area contributed by atoms with Crippen LogP contribution in [0.15, 0.2) is 83.5 Å². The zero-order valence-electron chi connectivity index (χ0n) is 15.1. The Bertz CT molecular complexity index is 1090. The number of nitrogens with zero attached hydrogens (tertiary/aromatic N) is 1. The summed E-state index contributed by atoms with van der Waals surface area (Å²) in [5.41, 5.74) is 3.23. The third-order valence-electron chi connectivity index (χ3n) is 4.30. The first-order valence-corrected chi connectivity index (χ1v) is 9.60. The molecule has 4 nitrogen and oxygen atoms in total. The Morgan fingerprint density at radius 3 is 2.21 bits per heavy atom. The van der Waals surface area contributed by atoms with Gasteiger partial charge in [0.05, 0.1) is 15.6 Å². The highest BCUT2D eigenvalue weighted by Gasteiger charge is 2.26. The fourth-order valence-corrected chi connectivity index (χ4v) is 3.52. The number of ether oxygens (including phenoxy) is 1. The van der Waals surface area contributed by atoms with Crippen molar-refractivity contribution >= 4 is 41.0 Å². The molecule has 0 aliphatic carbocycles. The van der Waals surface area contributed by atoms with E-state index >= 15 is 0 Å². The van der Waals surface area contributed by atoms with Gasteiger partial charge in [0, 0.05) is 5.56 Å². The van der Waals surface area contributed by atoms with E-state index in [9.17, 15) is 4.79 Å². The van der Waals surface area contributed by atoms with Crippen LogP contribution in [0.25, 0.3) is 6.08 Å². The summed E-state index contributed by atoms with van der Waals surface area (Å²) in [6, 6.07) is 22.4. The molecular formula is C23H15Cl2NO3. The van der Waals surface area contributed by atoms with Gasteiger partial charge in [-0.1, -0.05) is 89.0 Å². The first kappa shape index (κ1) is 19.2. The van der Waals surface area contributed by atoms with Crippen LogP contribution < -0.4 is 4.74 Å². The van der Waals surface area contributed by atoms with Gasteiger partial charge in [-0.05, 0) is 29.3 Å². The number of oxime groups is 1. The molecule has 0 bridgehead atoms. The molecule has 0 fully saturated rings.